The lowest BCUT2D eigenvalue weighted by atomic mass is 10.1. The number of aromatic nitrogens is 2. The second kappa shape index (κ2) is 7.03. The molecule has 4 rings (SSSR count). The number of hydrogen-bond acceptors (Lipinski definition) is 4. The van der Waals surface area contributed by atoms with Gasteiger partial charge in [0.2, 0.25) is 5.91 Å². The predicted molar refractivity (Wildman–Crippen MR) is 93.5 cm³/mol. The number of carbonyl (C=O) groups is 2. The number of urea groups is 1. The summed E-state index contributed by atoms with van der Waals surface area (Å²) in [6.07, 6.45) is 7.79. The first-order valence-electron chi connectivity index (χ1n) is 9.30. The van der Waals surface area contributed by atoms with Crippen LogP contribution in [0.4, 0.5) is 10.5 Å². The minimum Gasteiger partial charge on any atom is -0.341 e. The summed E-state index contributed by atoms with van der Waals surface area (Å²) >= 11 is 0. The second-order valence-electron chi connectivity index (χ2n) is 7.17. The Balaban J connectivity index is 1.24. The minimum atomic E-state index is -0.0445. The number of nitrogens with one attached hydrogen (secondary N) is 1. The highest BCUT2D eigenvalue weighted by Crippen LogP contribution is 2.24. The molecule has 1 N–H and O–H groups in total. The van der Waals surface area contributed by atoms with E-state index in [0.29, 0.717) is 31.5 Å². The summed E-state index contributed by atoms with van der Waals surface area (Å²) in [5.41, 5.74) is 0.864. The van der Waals surface area contributed by atoms with Gasteiger partial charge >= 0.3 is 6.03 Å². The van der Waals surface area contributed by atoms with E-state index in [9.17, 15) is 9.59 Å². The van der Waals surface area contributed by atoms with E-state index < -0.39 is 0 Å². The van der Waals surface area contributed by atoms with Gasteiger partial charge in [-0.1, -0.05) is 6.42 Å². The van der Waals surface area contributed by atoms with E-state index in [-0.39, 0.29) is 6.03 Å². The van der Waals surface area contributed by atoms with Gasteiger partial charge in [0.05, 0.1) is 17.9 Å². The Labute approximate surface area is 147 Å². The average molecular weight is 346 g/mol. The quantitative estimate of drug-likeness (QED) is 0.851. The summed E-state index contributed by atoms with van der Waals surface area (Å²) < 4.78 is 1.97. The van der Waals surface area contributed by atoms with Gasteiger partial charge in [-0.15, -0.1) is 0 Å². The molecule has 4 heterocycles. The van der Waals surface area contributed by atoms with Crippen molar-refractivity contribution in [1.29, 1.82) is 0 Å². The van der Waals surface area contributed by atoms with Crippen molar-refractivity contribution in [3.05, 3.63) is 12.4 Å². The molecule has 3 amide bonds. The zero-order valence-corrected chi connectivity index (χ0v) is 14.6. The first kappa shape index (κ1) is 16.4. The van der Waals surface area contributed by atoms with Crippen LogP contribution in [0.15, 0.2) is 12.4 Å². The van der Waals surface area contributed by atoms with Crippen molar-refractivity contribution in [1.82, 2.24) is 24.9 Å². The Morgan fingerprint density at radius 1 is 1.12 bits per heavy atom. The Kier molecular flexibility index (Phi) is 4.61. The highest BCUT2D eigenvalue weighted by molar-refractivity contribution is 5.93. The molecule has 0 spiro atoms. The normalized spacial score (nSPS) is 22.9. The van der Waals surface area contributed by atoms with Crippen LogP contribution in [0.5, 0.6) is 0 Å². The highest BCUT2D eigenvalue weighted by Gasteiger charge is 2.30. The maximum absolute atomic E-state index is 12.0. The summed E-state index contributed by atoms with van der Waals surface area (Å²) in [7, 11) is 0. The number of carbonyl (C=O) groups excluding carboxylic acids is 2. The molecule has 0 atom stereocenters. The fraction of sp³-hybridized carbons (Fsp3) is 0.706. The van der Waals surface area contributed by atoms with Crippen LogP contribution >= 0.6 is 0 Å². The van der Waals surface area contributed by atoms with E-state index >= 15 is 0 Å². The van der Waals surface area contributed by atoms with Crippen LogP contribution in [0.25, 0.3) is 0 Å². The number of likely N-dealkylation sites (tertiary alicyclic amines) is 2. The van der Waals surface area contributed by atoms with Crippen molar-refractivity contribution >= 4 is 17.6 Å². The molecule has 0 aromatic carbocycles. The zero-order chi connectivity index (χ0) is 17.2. The summed E-state index contributed by atoms with van der Waals surface area (Å²) in [6, 6.07) is 0.316. The van der Waals surface area contributed by atoms with Gasteiger partial charge in [-0.3, -0.25) is 19.3 Å². The highest BCUT2D eigenvalue weighted by atomic mass is 16.2. The third-order valence-corrected chi connectivity index (χ3v) is 5.43. The van der Waals surface area contributed by atoms with Crippen molar-refractivity contribution in [3.63, 3.8) is 0 Å². The van der Waals surface area contributed by atoms with Crippen molar-refractivity contribution in [3.8, 4) is 0 Å². The average Bonchev–Trinajstić information content (AvgIpc) is 3.14. The van der Waals surface area contributed by atoms with E-state index in [1.54, 1.807) is 11.1 Å². The monoisotopic (exact) mass is 346 g/mol. The van der Waals surface area contributed by atoms with Crippen LogP contribution in [0.2, 0.25) is 0 Å². The maximum Gasteiger partial charge on any atom is 0.322 e. The number of rotatable bonds is 5. The SMILES string of the molecule is O=C1CCCCCN1CCN1CC(n2cc(N3CCNC3=O)cn2)C1. The molecule has 1 aromatic heterocycles. The van der Waals surface area contributed by atoms with Crippen molar-refractivity contribution in [2.75, 3.05) is 50.7 Å². The molecule has 3 fully saturated rings. The molecule has 0 aliphatic carbocycles. The van der Waals surface area contributed by atoms with Crippen molar-refractivity contribution in [2.24, 2.45) is 0 Å². The number of nitrogens with zero attached hydrogens (tertiary/aromatic N) is 5. The second-order valence-corrected chi connectivity index (χ2v) is 7.17. The van der Waals surface area contributed by atoms with E-state index in [1.165, 1.54) is 6.42 Å². The molecule has 0 radical (unpaired) electrons. The first-order chi connectivity index (χ1) is 12.2. The Bertz CT molecular complexity index is 639. The van der Waals surface area contributed by atoms with Gasteiger partial charge in [-0.2, -0.15) is 5.10 Å². The van der Waals surface area contributed by atoms with Gasteiger partial charge in [-0.05, 0) is 12.8 Å². The molecule has 3 aliphatic heterocycles. The van der Waals surface area contributed by atoms with Crippen LogP contribution in [0, 0.1) is 0 Å². The molecule has 25 heavy (non-hydrogen) atoms. The molecule has 0 unspecified atom stereocenters. The lowest BCUT2D eigenvalue weighted by Crippen LogP contribution is -2.50. The van der Waals surface area contributed by atoms with Crippen LogP contribution in [-0.2, 0) is 4.79 Å². The van der Waals surface area contributed by atoms with Gasteiger partial charge in [0.15, 0.2) is 0 Å². The third kappa shape index (κ3) is 3.49. The standard InChI is InChI=1S/C17H26N6O2/c24-16-4-2-1-3-6-21(16)9-8-20-11-15(12-20)23-13-14(10-19-23)22-7-5-18-17(22)25/h10,13,15H,1-9,11-12H2,(H,18,25). The summed E-state index contributed by atoms with van der Waals surface area (Å²) in [5.74, 6) is 0.315. The topological polar surface area (TPSA) is 73.7 Å². The Morgan fingerprint density at radius 3 is 2.80 bits per heavy atom. The lowest BCUT2D eigenvalue weighted by Gasteiger charge is -2.40. The summed E-state index contributed by atoms with van der Waals surface area (Å²) in [5, 5.41) is 7.24. The van der Waals surface area contributed by atoms with Crippen LogP contribution in [0.3, 0.4) is 0 Å². The predicted octanol–water partition coefficient (Wildman–Crippen LogP) is 0.672. The van der Waals surface area contributed by atoms with E-state index in [1.807, 2.05) is 15.8 Å². The van der Waals surface area contributed by atoms with Gasteiger partial charge in [-0.25, -0.2) is 4.79 Å². The maximum atomic E-state index is 12.0. The molecule has 0 bridgehead atoms. The minimum absolute atomic E-state index is 0.0445. The van der Waals surface area contributed by atoms with E-state index in [0.717, 1.165) is 51.3 Å². The van der Waals surface area contributed by atoms with Crippen LogP contribution in [0.1, 0.15) is 31.7 Å². The molecule has 8 nitrogen and oxygen atoms in total. The van der Waals surface area contributed by atoms with Gasteiger partial charge in [0, 0.05) is 58.4 Å². The molecule has 0 saturated carbocycles. The third-order valence-electron chi connectivity index (χ3n) is 5.43. The fourth-order valence-electron chi connectivity index (χ4n) is 3.81. The van der Waals surface area contributed by atoms with Gasteiger partial charge in [0.25, 0.3) is 0 Å². The molecule has 3 saturated heterocycles. The van der Waals surface area contributed by atoms with Crippen LogP contribution in [-0.4, -0.2) is 77.3 Å². The van der Waals surface area contributed by atoms with E-state index in [4.69, 9.17) is 0 Å². The fourth-order valence-corrected chi connectivity index (χ4v) is 3.81. The van der Waals surface area contributed by atoms with E-state index in [2.05, 4.69) is 15.3 Å². The number of hydrogen-bond donors (Lipinski definition) is 1. The van der Waals surface area contributed by atoms with Gasteiger partial charge in [0.1, 0.15) is 0 Å². The Hall–Kier alpha value is -2.09. The molecule has 8 heteroatoms. The smallest absolute Gasteiger partial charge is 0.322 e. The lowest BCUT2D eigenvalue weighted by molar-refractivity contribution is -0.131. The van der Waals surface area contributed by atoms with Crippen molar-refractivity contribution in [2.45, 2.75) is 31.7 Å². The van der Waals surface area contributed by atoms with Gasteiger partial charge < -0.3 is 10.2 Å². The molecular formula is C17H26N6O2. The van der Waals surface area contributed by atoms with Crippen LogP contribution < -0.4 is 10.2 Å². The summed E-state index contributed by atoms with van der Waals surface area (Å²) in [6.45, 7) is 5.98. The molecular weight excluding hydrogens is 320 g/mol. The largest absolute Gasteiger partial charge is 0.341 e. The summed E-state index contributed by atoms with van der Waals surface area (Å²) in [4.78, 5) is 29.9. The number of anilines is 1. The zero-order valence-electron chi connectivity index (χ0n) is 14.6. The molecule has 136 valence electrons. The molecule has 3 aliphatic rings. The first-order valence-corrected chi connectivity index (χ1v) is 9.30. The number of amides is 3. The van der Waals surface area contributed by atoms with Crippen molar-refractivity contribution < 1.29 is 9.59 Å². The Morgan fingerprint density at radius 2 is 2.00 bits per heavy atom. The molecule has 1 aromatic rings.